The van der Waals surface area contributed by atoms with Crippen LogP contribution in [0.15, 0.2) is 54.7 Å². The first-order valence-electron chi connectivity index (χ1n) is 8.85. The summed E-state index contributed by atoms with van der Waals surface area (Å²) in [7, 11) is 2.06. The number of fused-ring (bicyclic) bond motifs is 1. The molecule has 0 bridgehead atoms. The maximum absolute atomic E-state index is 12.5. The van der Waals surface area contributed by atoms with Crippen LogP contribution in [0.2, 0.25) is 0 Å². The topological polar surface area (TPSA) is 34.0 Å². The van der Waals surface area contributed by atoms with E-state index in [0.29, 0.717) is 6.42 Å². The van der Waals surface area contributed by atoms with Gasteiger partial charge in [-0.25, -0.2) is 0 Å². The van der Waals surface area contributed by atoms with Crippen molar-refractivity contribution in [3.05, 3.63) is 71.4 Å². The number of para-hydroxylation sites is 1. The van der Waals surface area contributed by atoms with Crippen molar-refractivity contribution in [3.8, 4) is 0 Å². The highest BCUT2D eigenvalue weighted by molar-refractivity contribution is 5.86. The van der Waals surface area contributed by atoms with Gasteiger partial charge in [0.25, 0.3) is 0 Å². The molecule has 3 rings (SSSR count). The number of aryl methyl sites for hydroxylation is 2. The molecule has 1 aromatic heterocycles. The lowest BCUT2D eigenvalue weighted by atomic mass is 9.87. The van der Waals surface area contributed by atoms with Crippen molar-refractivity contribution >= 4 is 16.8 Å². The van der Waals surface area contributed by atoms with E-state index < -0.39 is 0 Å². The summed E-state index contributed by atoms with van der Waals surface area (Å²) >= 11 is 0. The van der Waals surface area contributed by atoms with Gasteiger partial charge in [-0.2, -0.15) is 0 Å². The van der Waals surface area contributed by atoms with Crippen molar-refractivity contribution in [2.24, 2.45) is 7.05 Å². The van der Waals surface area contributed by atoms with E-state index in [4.69, 9.17) is 0 Å². The van der Waals surface area contributed by atoms with E-state index in [1.54, 1.807) is 0 Å². The fourth-order valence-corrected chi connectivity index (χ4v) is 3.51. The molecule has 3 aromatic rings. The van der Waals surface area contributed by atoms with Gasteiger partial charge in [0, 0.05) is 42.5 Å². The second-order valence-corrected chi connectivity index (χ2v) is 7.11. The molecule has 2 aromatic carbocycles. The number of amides is 1. The van der Waals surface area contributed by atoms with Crippen molar-refractivity contribution in [1.29, 1.82) is 0 Å². The van der Waals surface area contributed by atoms with Crippen LogP contribution in [0.5, 0.6) is 0 Å². The Balaban J connectivity index is 2.08. The van der Waals surface area contributed by atoms with Crippen LogP contribution in [-0.4, -0.2) is 16.5 Å². The molecule has 0 aliphatic carbocycles. The Morgan fingerprint density at radius 2 is 1.88 bits per heavy atom. The Hall–Kier alpha value is -2.55. The lowest BCUT2D eigenvalue weighted by Crippen LogP contribution is -2.31. The number of aromatic nitrogens is 1. The van der Waals surface area contributed by atoms with E-state index in [0.717, 1.165) is 0 Å². The van der Waals surface area contributed by atoms with E-state index in [1.807, 2.05) is 13.8 Å². The van der Waals surface area contributed by atoms with Crippen LogP contribution >= 0.6 is 0 Å². The Kier molecular flexibility index (Phi) is 4.93. The largest absolute Gasteiger partial charge is 0.354 e. The second-order valence-electron chi connectivity index (χ2n) is 7.11. The molecule has 1 amide bonds. The predicted molar refractivity (Wildman–Crippen MR) is 104 cm³/mol. The maximum Gasteiger partial charge on any atom is 0.221 e. The molecule has 25 heavy (non-hydrogen) atoms. The molecule has 1 unspecified atom stereocenters. The normalized spacial score (nSPS) is 12.5. The molecule has 0 spiro atoms. The molecule has 0 saturated carbocycles. The third kappa shape index (κ3) is 3.76. The number of hydrogen-bond acceptors (Lipinski definition) is 1. The number of hydrogen-bond donors (Lipinski definition) is 1. The fourth-order valence-electron chi connectivity index (χ4n) is 3.51. The van der Waals surface area contributed by atoms with Crippen molar-refractivity contribution < 1.29 is 4.79 Å². The van der Waals surface area contributed by atoms with Gasteiger partial charge in [-0.15, -0.1) is 0 Å². The molecule has 130 valence electrons. The third-order valence-corrected chi connectivity index (χ3v) is 4.59. The molecule has 0 saturated heterocycles. The van der Waals surface area contributed by atoms with Gasteiger partial charge < -0.3 is 9.88 Å². The van der Waals surface area contributed by atoms with Gasteiger partial charge in [0.15, 0.2) is 0 Å². The van der Waals surface area contributed by atoms with Crippen LogP contribution < -0.4 is 5.32 Å². The van der Waals surface area contributed by atoms with Gasteiger partial charge in [-0.05, 0) is 38.0 Å². The number of nitrogens with one attached hydrogen (secondary N) is 1. The zero-order valence-corrected chi connectivity index (χ0v) is 15.4. The van der Waals surface area contributed by atoms with Crippen LogP contribution in [-0.2, 0) is 11.8 Å². The van der Waals surface area contributed by atoms with E-state index in [1.165, 1.54) is 27.6 Å². The summed E-state index contributed by atoms with van der Waals surface area (Å²) < 4.78 is 2.15. The van der Waals surface area contributed by atoms with Gasteiger partial charge in [0.1, 0.15) is 0 Å². The Bertz CT molecular complexity index is 892. The van der Waals surface area contributed by atoms with Crippen molar-refractivity contribution in [1.82, 2.24) is 9.88 Å². The third-order valence-electron chi connectivity index (χ3n) is 4.59. The average molecular weight is 334 g/mol. The smallest absolute Gasteiger partial charge is 0.221 e. The molecular weight excluding hydrogens is 308 g/mol. The highest BCUT2D eigenvalue weighted by Gasteiger charge is 2.22. The van der Waals surface area contributed by atoms with Crippen molar-refractivity contribution in [2.75, 3.05) is 0 Å². The molecule has 1 heterocycles. The molecule has 0 aliphatic heterocycles. The van der Waals surface area contributed by atoms with E-state index in [-0.39, 0.29) is 17.9 Å². The molecule has 0 radical (unpaired) electrons. The summed E-state index contributed by atoms with van der Waals surface area (Å²) in [5.74, 6) is 0.138. The van der Waals surface area contributed by atoms with Gasteiger partial charge in [0.05, 0.1) is 0 Å². The zero-order chi connectivity index (χ0) is 18.0. The summed E-state index contributed by atoms with van der Waals surface area (Å²) in [6, 6.07) is 17.0. The quantitative estimate of drug-likeness (QED) is 0.730. The Morgan fingerprint density at radius 1 is 1.12 bits per heavy atom. The lowest BCUT2D eigenvalue weighted by Gasteiger charge is -2.19. The first-order chi connectivity index (χ1) is 12.0. The van der Waals surface area contributed by atoms with Gasteiger partial charge in [-0.3, -0.25) is 4.79 Å². The zero-order valence-electron chi connectivity index (χ0n) is 15.4. The number of carbonyl (C=O) groups excluding carboxylic acids is 1. The van der Waals surface area contributed by atoms with Crippen LogP contribution in [0.4, 0.5) is 0 Å². The predicted octanol–water partition coefficient (Wildman–Crippen LogP) is 4.53. The van der Waals surface area contributed by atoms with Crippen LogP contribution in [0.25, 0.3) is 10.9 Å². The average Bonchev–Trinajstić information content (AvgIpc) is 2.89. The monoisotopic (exact) mass is 334 g/mol. The van der Waals surface area contributed by atoms with E-state index >= 15 is 0 Å². The van der Waals surface area contributed by atoms with E-state index in [9.17, 15) is 4.79 Å². The minimum Gasteiger partial charge on any atom is -0.354 e. The Labute approximate surface area is 149 Å². The van der Waals surface area contributed by atoms with E-state index in [2.05, 4.69) is 78.6 Å². The maximum atomic E-state index is 12.5. The van der Waals surface area contributed by atoms with Gasteiger partial charge in [0.2, 0.25) is 5.91 Å². The summed E-state index contributed by atoms with van der Waals surface area (Å²) in [5, 5.41) is 4.25. The molecule has 3 nitrogen and oxygen atoms in total. The van der Waals surface area contributed by atoms with Crippen LogP contribution in [0, 0.1) is 6.92 Å². The van der Waals surface area contributed by atoms with Crippen molar-refractivity contribution in [2.45, 2.75) is 39.2 Å². The van der Waals surface area contributed by atoms with Gasteiger partial charge in [-0.1, -0.05) is 48.0 Å². The highest BCUT2D eigenvalue weighted by atomic mass is 16.1. The summed E-state index contributed by atoms with van der Waals surface area (Å²) in [6.45, 7) is 6.09. The van der Waals surface area contributed by atoms with Crippen LogP contribution in [0.1, 0.15) is 42.9 Å². The SMILES string of the molecule is Cc1cccc(C(CC(=O)NC(C)C)c2cn(C)c3ccccc23)c1. The molecule has 0 fully saturated rings. The number of nitrogens with zero attached hydrogens (tertiary/aromatic N) is 1. The fraction of sp³-hybridized carbons (Fsp3) is 0.318. The van der Waals surface area contributed by atoms with Crippen LogP contribution in [0.3, 0.4) is 0 Å². The van der Waals surface area contributed by atoms with Crippen molar-refractivity contribution in [3.63, 3.8) is 0 Å². The number of benzene rings is 2. The first kappa shape index (κ1) is 17.3. The summed E-state index contributed by atoms with van der Waals surface area (Å²) in [6.07, 6.45) is 2.62. The summed E-state index contributed by atoms with van der Waals surface area (Å²) in [5.41, 5.74) is 4.81. The molecular formula is C22H26N2O. The molecule has 3 heteroatoms. The molecule has 0 aliphatic rings. The minimum atomic E-state index is 0.0461. The molecule has 1 atom stereocenters. The first-order valence-corrected chi connectivity index (χ1v) is 8.85. The standard InChI is InChI=1S/C22H26N2O/c1-15(2)23-22(25)13-19(17-9-7-8-16(3)12-17)20-14-24(4)21-11-6-5-10-18(20)21/h5-12,14-15,19H,13H2,1-4H3,(H,23,25). The molecule has 1 N–H and O–H groups in total. The number of rotatable bonds is 5. The Morgan fingerprint density at radius 3 is 2.60 bits per heavy atom. The summed E-state index contributed by atoms with van der Waals surface area (Å²) in [4.78, 5) is 12.5. The van der Waals surface area contributed by atoms with Gasteiger partial charge >= 0.3 is 0 Å². The minimum absolute atomic E-state index is 0.0461. The lowest BCUT2D eigenvalue weighted by molar-refractivity contribution is -0.121. The highest BCUT2D eigenvalue weighted by Crippen LogP contribution is 2.34. The number of carbonyl (C=O) groups is 1. The second kappa shape index (κ2) is 7.14.